The molecule has 1 atom stereocenters. The molecule has 2 aromatic carbocycles. The predicted octanol–water partition coefficient (Wildman–Crippen LogP) is 4.21. The molecule has 1 aliphatic heterocycles. The van der Waals surface area contributed by atoms with Crippen LogP contribution in [0.1, 0.15) is 28.8 Å². The topological polar surface area (TPSA) is 53.6 Å². The second kappa shape index (κ2) is 10.4. The maximum atomic E-state index is 12.9. The van der Waals surface area contributed by atoms with Crippen molar-refractivity contribution in [2.75, 3.05) is 32.8 Å². The summed E-state index contributed by atoms with van der Waals surface area (Å²) in [6.07, 6.45) is 0. The molecule has 0 radical (unpaired) electrons. The Morgan fingerprint density at radius 2 is 1.57 bits per heavy atom. The zero-order valence-electron chi connectivity index (χ0n) is 16.9. The maximum absolute atomic E-state index is 12.9. The molecule has 6 heteroatoms. The minimum absolute atomic E-state index is 0.151. The standard InChI is InChI=1S/C24H27N3O2S/c28-24(25-17-22(21-11-16-30-18-21)27-12-14-29-15-13-27)26-23(19-7-3-1-4-8-19)20-9-5-2-6-10-20/h1-11,16,18,22-23H,12-15,17H2,(H2,25,26,28)/t22-/m1/s1. The van der Waals surface area contributed by atoms with Crippen LogP contribution in [-0.4, -0.2) is 43.8 Å². The highest BCUT2D eigenvalue weighted by Gasteiger charge is 2.24. The van der Waals surface area contributed by atoms with Crippen molar-refractivity contribution in [2.45, 2.75) is 12.1 Å². The number of thiophene rings is 1. The molecule has 5 nitrogen and oxygen atoms in total. The van der Waals surface area contributed by atoms with Crippen molar-refractivity contribution >= 4 is 17.4 Å². The van der Waals surface area contributed by atoms with Crippen LogP contribution < -0.4 is 10.6 Å². The smallest absolute Gasteiger partial charge is 0.315 e. The van der Waals surface area contributed by atoms with Crippen LogP contribution in [0.25, 0.3) is 0 Å². The third-order valence-corrected chi connectivity index (χ3v) is 6.11. The van der Waals surface area contributed by atoms with Crippen LogP contribution in [0.5, 0.6) is 0 Å². The van der Waals surface area contributed by atoms with Crippen LogP contribution in [0.2, 0.25) is 0 Å². The van der Waals surface area contributed by atoms with Crippen LogP contribution in [0.3, 0.4) is 0 Å². The number of morpholine rings is 1. The number of hydrogen-bond donors (Lipinski definition) is 2. The minimum Gasteiger partial charge on any atom is -0.379 e. The van der Waals surface area contributed by atoms with Crippen molar-refractivity contribution < 1.29 is 9.53 Å². The van der Waals surface area contributed by atoms with Gasteiger partial charge in [-0.05, 0) is 33.5 Å². The van der Waals surface area contributed by atoms with E-state index < -0.39 is 0 Å². The van der Waals surface area contributed by atoms with E-state index in [1.807, 2.05) is 60.7 Å². The molecule has 4 rings (SSSR count). The number of carbonyl (C=O) groups is 1. The van der Waals surface area contributed by atoms with Crippen LogP contribution in [0, 0.1) is 0 Å². The van der Waals surface area contributed by atoms with E-state index >= 15 is 0 Å². The van der Waals surface area contributed by atoms with Gasteiger partial charge in [0.1, 0.15) is 0 Å². The van der Waals surface area contributed by atoms with Crippen molar-refractivity contribution in [1.29, 1.82) is 0 Å². The molecule has 156 valence electrons. The maximum Gasteiger partial charge on any atom is 0.315 e. The first-order valence-electron chi connectivity index (χ1n) is 10.3. The Bertz CT molecular complexity index is 857. The summed E-state index contributed by atoms with van der Waals surface area (Å²) in [5.41, 5.74) is 3.35. The van der Waals surface area contributed by atoms with E-state index in [0.717, 1.165) is 37.4 Å². The Labute approximate surface area is 181 Å². The second-order valence-electron chi connectivity index (χ2n) is 7.33. The Morgan fingerprint density at radius 3 is 2.13 bits per heavy atom. The second-order valence-corrected chi connectivity index (χ2v) is 8.11. The molecule has 2 N–H and O–H groups in total. The Kier molecular flexibility index (Phi) is 7.13. The molecule has 0 unspecified atom stereocenters. The number of urea groups is 1. The molecular weight excluding hydrogens is 394 g/mol. The van der Waals surface area contributed by atoms with Crippen LogP contribution in [0.15, 0.2) is 77.5 Å². The normalized spacial score (nSPS) is 15.6. The molecule has 30 heavy (non-hydrogen) atoms. The number of ether oxygens (including phenoxy) is 1. The van der Waals surface area contributed by atoms with Gasteiger partial charge in [-0.2, -0.15) is 11.3 Å². The fourth-order valence-electron chi connectivity index (χ4n) is 3.83. The van der Waals surface area contributed by atoms with Gasteiger partial charge >= 0.3 is 6.03 Å². The molecule has 0 spiro atoms. The highest BCUT2D eigenvalue weighted by atomic mass is 32.1. The average Bonchev–Trinajstić information content (AvgIpc) is 3.34. The number of benzene rings is 2. The lowest BCUT2D eigenvalue weighted by molar-refractivity contribution is 0.0168. The van der Waals surface area contributed by atoms with Crippen LogP contribution in [0.4, 0.5) is 4.79 Å². The number of nitrogens with one attached hydrogen (secondary N) is 2. The van der Waals surface area contributed by atoms with Crippen molar-refractivity contribution in [1.82, 2.24) is 15.5 Å². The van der Waals surface area contributed by atoms with E-state index in [-0.39, 0.29) is 18.1 Å². The summed E-state index contributed by atoms with van der Waals surface area (Å²) in [6, 6.07) is 22.0. The molecule has 0 saturated carbocycles. The van der Waals surface area contributed by atoms with Gasteiger partial charge in [0.05, 0.1) is 25.3 Å². The van der Waals surface area contributed by atoms with E-state index in [0.29, 0.717) is 6.54 Å². The lowest BCUT2D eigenvalue weighted by atomic mass is 9.99. The van der Waals surface area contributed by atoms with Gasteiger partial charge < -0.3 is 15.4 Å². The minimum atomic E-state index is -0.199. The third-order valence-electron chi connectivity index (χ3n) is 5.41. The predicted molar refractivity (Wildman–Crippen MR) is 121 cm³/mol. The largest absolute Gasteiger partial charge is 0.379 e. The van der Waals surface area contributed by atoms with E-state index in [1.165, 1.54) is 5.56 Å². The van der Waals surface area contributed by atoms with Crippen molar-refractivity contribution in [3.63, 3.8) is 0 Å². The fourth-order valence-corrected chi connectivity index (χ4v) is 4.54. The Hall–Kier alpha value is -2.67. The van der Waals surface area contributed by atoms with Crippen LogP contribution >= 0.6 is 11.3 Å². The third kappa shape index (κ3) is 5.27. The highest BCUT2D eigenvalue weighted by Crippen LogP contribution is 2.24. The number of amides is 2. The summed E-state index contributed by atoms with van der Waals surface area (Å²) in [4.78, 5) is 15.3. The number of nitrogens with zero attached hydrogens (tertiary/aromatic N) is 1. The molecule has 3 aromatic rings. The monoisotopic (exact) mass is 421 g/mol. The van der Waals surface area contributed by atoms with Gasteiger partial charge in [-0.3, -0.25) is 4.90 Å². The van der Waals surface area contributed by atoms with Crippen LogP contribution in [-0.2, 0) is 4.74 Å². The van der Waals surface area contributed by atoms with E-state index in [1.54, 1.807) is 11.3 Å². The number of hydrogen-bond acceptors (Lipinski definition) is 4. The summed E-state index contributed by atoms with van der Waals surface area (Å²) in [6.45, 7) is 3.77. The lowest BCUT2D eigenvalue weighted by Crippen LogP contribution is -2.46. The van der Waals surface area contributed by atoms with Gasteiger partial charge in [0.2, 0.25) is 0 Å². The van der Waals surface area contributed by atoms with Gasteiger partial charge in [0.15, 0.2) is 0 Å². The summed E-state index contributed by atoms with van der Waals surface area (Å²) in [7, 11) is 0. The van der Waals surface area contributed by atoms with E-state index in [2.05, 4.69) is 32.4 Å². The Balaban J connectivity index is 1.45. The van der Waals surface area contributed by atoms with Gasteiger partial charge in [-0.25, -0.2) is 4.79 Å². The molecule has 0 aliphatic carbocycles. The van der Waals surface area contributed by atoms with Gasteiger partial charge in [0.25, 0.3) is 0 Å². The van der Waals surface area contributed by atoms with Crippen molar-refractivity contribution in [3.05, 3.63) is 94.2 Å². The summed E-state index contributed by atoms with van der Waals surface area (Å²) < 4.78 is 5.50. The molecule has 0 bridgehead atoms. The van der Waals surface area contributed by atoms with E-state index in [4.69, 9.17) is 4.74 Å². The summed E-state index contributed by atoms with van der Waals surface area (Å²) in [5.74, 6) is 0. The quantitative estimate of drug-likeness (QED) is 0.601. The van der Waals surface area contributed by atoms with Gasteiger partial charge in [0, 0.05) is 19.6 Å². The molecule has 1 saturated heterocycles. The van der Waals surface area contributed by atoms with Gasteiger partial charge in [-0.15, -0.1) is 0 Å². The highest BCUT2D eigenvalue weighted by molar-refractivity contribution is 7.07. The molecule has 2 heterocycles. The molecule has 2 amide bonds. The first kappa shape index (κ1) is 20.6. The first-order valence-corrected chi connectivity index (χ1v) is 11.2. The Morgan fingerprint density at radius 1 is 0.933 bits per heavy atom. The fraction of sp³-hybridized carbons (Fsp3) is 0.292. The van der Waals surface area contributed by atoms with E-state index in [9.17, 15) is 4.79 Å². The molecule has 1 aliphatic rings. The number of rotatable bonds is 7. The zero-order chi connectivity index (χ0) is 20.6. The first-order chi connectivity index (χ1) is 14.8. The SMILES string of the molecule is O=C(NC[C@H](c1ccsc1)N1CCOCC1)NC(c1ccccc1)c1ccccc1. The summed E-state index contributed by atoms with van der Waals surface area (Å²) in [5, 5.41) is 10.5. The average molecular weight is 422 g/mol. The lowest BCUT2D eigenvalue weighted by Gasteiger charge is -2.34. The van der Waals surface area contributed by atoms with Gasteiger partial charge in [-0.1, -0.05) is 60.7 Å². The molecular formula is C24H27N3O2S. The number of carbonyl (C=O) groups excluding carboxylic acids is 1. The van der Waals surface area contributed by atoms with Crippen molar-refractivity contribution in [3.8, 4) is 0 Å². The summed E-state index contributed by atoms with van der Waals surface area (Å²) >= 11 is 1.69. The molecule has 1 fully saturated rings. The van der Waals surface area contributed by atoms with Crippen molar-refractivity contribution in [2.24, 2.45) is 0 Å². The molecule has 1 aromatic heterocycles. The zero-order valence-corrected chi connectivity index (χ0v) is 17.7.